The molecule has 0 fully saturated rings. The third kappa shape index (κ3) is 3.02. The lowest BCUT2D eigenvalue weighted by molar-refractivity contribution is 0.0975. The molecule has 120 valence electrons. The molecule has 1 aromatic carbocycles. The van der Waals surface area contributed by atoms with Crippen molar-refractivity contribution >= 4 is 35.2 Å². The van der Waals surface area contributed by atoms with E-state index in [1.807, 2.05) is 25.1 Å². The molecule has 0 aliphatic carbocycles. The Bertz CT molecular complexity index is 867. The lowest BCUT2D eigenvalue weighted by Gasteiger charge is -2.08. The summed E-state index contributed by atoms with van der Waals surface area (Å²) in [6.07, 6.45) is 3.83. The van der Waals surface area contributed by atoms with Crippen LogP contribution in [0.2, 0.25) is 0 Å². The molecular weight excluding hydrogens is 318 g/mol. The predicted octanol–water partition coefficient (Wildman–Crippen LogP) is 1.36. The van der Waals surface area contributed by atoms with Gasteiger partial charge in [-0.15, -0.1) is 12.4 Å². The highest BCUT2D eigenvalue weighted by atomic mass is 35.5. The van der Waals surface area contributed by atoms with Gasteiger partial charge in [-0.05, 0) is 24.6 Å². The maximum absolute atomic E-state index is 12.1. The van der Waals surface area contributed by atoms with Crippen molar-refractivity contribution in [2.24, 2.45) is 5.73 Å². The number of nitrogens with two attached hydrogens (primary N) is 1. The SMILES string of the molecule is CCc1c(C(=O)NC(=N)N)cnn1-c1ccc2[nH]ncc2c1.Cl. The standard InChI is InChI=1S/C14H15N7O.ClH/c1-2-12-10(13(22)19-14(15)16)7-18-21(12)9-3-4-11-8(5-9)6-17-20-11;/h3-7H,2H2,1H3,(H,17,20)(H4,15,16,19,22);1H. The second kappa shape index (κ2) is 6.49. The molecule has 0 saturated carbocycles. The first-order valence-electron chi connectivity index (χ1n) is 6.76. The van der Waals surface area contributed by atoms with Gasteiger partial charge in [0.05, 0.1) is 34.9 Å². The summed E-state index contributed by atoms with van der Waals surface area (Å²) in [7, 11) is 0. The van der Waals surface area contributed by atoms with E-state index in [-0.39, 0.29) is 18.4 Å². The molecule has 0 aliphatic rings. The Balaban J connectivity index is 0.00000192. The van der Waals surface area contributed by atoms with E-state index in [0.717, 1.165) is 22.3 Å². The predicted molar refractivity (Wildman–Crippen MR) is 89.2 cm³/mol. The third-order valence-corrected chi connectivity index (χ3v) is 3.36. The Hall–Kier alpha value is -2.87. The van der Waals surface area contributed by atoms with E-state index in [9.17, 15) is 4.79 Å². The summed E-state index contributed by atoms with van der Waals surface area (Å²) >= 11 is 0. The lowest BCUT2D eigenvalue weighted by Crippen LogP contribution is -2.36. The summed E-state index contributed by atoms with van der Waals surface area (Å²) in [6, 6.07) is 5.76. The van der Waals surface area contributed by atoms with E-state index in [1.165, 1.54) is 6.20 Å². The number of fused-ring (bicyclic) bond motifs is 1. The summed E-state index contributed by atoms with van der Waals surface area (Å²) < 4.78 is 1.71. The van der Waals surface area contributed by atoms with E-state index in [1.54, 1.807) is 10.9 Å². The highest BCUT2D eigenvalue weighted by Gasteiger charge is 2.17. The Kier molecular flexibility index (Phi) is 4.65. The molecule has 2 aromatic heterocycles. The number of H-pyrrole nitrogens is 1. The van der Waals surface area contributed by atoms with Crippen LogP contribution >= 0.6 is 12.4 Å². The minimum atomic E-state index is -0.431. The number of aromatic nitrogens is 4. The molecule has 3 aromatic rings. The molecule has 0 aliphatic heterocycles. The largest absolute Gasteiger partial charge is 0.370 e. The third-order valence-electron chi connectivity index (χ3n) is 3.36. The fourth-order valence-corrected chi connectivity index (χ4v) is 2.38. The van der Waals surface area contributed by atoms with Crippen molar-refractivity contribution in [2.75, 3.05) is 0 Å². The average Bonchev–Trinajstić information content (AvgIpc) is 3.11. The number of benzene rings is 1. The van der Waals surface area contributed by atoms with Crippen molar-refractivity contribution in [1.82, 2.24) is 25.3 Å². The Labute approximate surface area is 138 Å². The highest BCUT2D eigenvalue weighted by molar-refractivity contribution is 6.05. The smallest absolute Gasteiger partial charge is 0.261 e. The molecule has 0 atom stereocenters. The van der Waals surface area contributed by atoms with Crippen molar-refractivity contribution in [1.29, 1.82) is 5.41 Å². The van der Waals surface area contributed by atoms with Crippen molar-refractivity contribution in [2.45, 2.75) is 13.3 Å². The number of nitrogens with zero attached hydrogens (tertiary/aromatic N) is 3. The van der Waals surface area contributed by atoms with E-state index in [0.29, 0.717) is 12.0 Å². The fourth-order valence-electron chi connectivity index (χ4n) is 2.38. The summed E-state index contributed by atoms with van der Waals surface area (Å²) in [5, 5.41) is 21.6. The van der Waals surface area contributed by atoms with Crippen molar-refractivity contribution in [3.63, 3.8) is 0 Å². The maximum atomic E-state index is 12.1. The first-order chi connectivity index (χ1) is 10.6. The quantitative estimate of drug-likeness (QED) is 0.426. The number of carbonyl (C=O) groups is 1. The number of aromatic amines is 1. The molecule has 1 amide bonds. The summed E-state index contributed by atoms with van der Waals surface area (Å²) in [4.78, 5) is 12.1. The zero-order valence-electron chi connectivity index (χ0n) is 12.3. The molecular formula is C14H16ClN7O. The van der Waals surface area contributed by atoms with Gasteiger partial charge in [0, 0.05) is 5.39 Å². The Morgan fingerprint density at radius 1 is 1.43 bits per heavy atom. The first-order valence-corrected chi connectivity index (χ1v) is 6.76. The van der Waals surface area contributed by atoms with Crippen LogP contribution in [0.15, 0.2) is 30.6 Å². The number of nitrogens with one attached hydrogen (secondary N) is 3. The lowest BCUT2D eigenvalue weighted by atomic mass is 10.2. The van der Waals surface area contributed by atoms with Gasteiger partial charge < -0.3 is 5.73 Å². The van der Waals surface area contributed by atoms with Crippen LogP contribution in [0.25, 0.3) is 16.6 Å². The Morgan fingerprint density at radius 3 is 2.91 bits per heavy atom. The molecule has 8 nitrogen and oxygen atoms in total. The number of amides is 1. The van der Waals surface area contributed by atoms with Gasteiger partial charge in [-0.1, -0.05) is 6.92 Å². The number of guanidine groups is 1. The van der Waals surface area contributed by atoms with E-state index < -0.39 is 5.91 Å². The zero-order chi connectivity index (χ0) is 15.7. The fraction of sp³-hybridized carbons (Fsp3) is 0.143. The molecule has 0 spiro atoms. The molecule has 0 radical (unpaired) electrons. The number of carbonyl (C=O) groups excluding carboxylic acids is 1. The second-order valence-corrected chi connectivity index (χ2v) is 4.78. The zero-order valence-corrected chi connectivity index (χ0v) is 13.1. The number of hydrogen-bond donors (Lipinski definition) is 4. The molecule has 2 heterocycles. The second-order valence-electron chi connectivity index (χ2n) is 4.78. The Morgan fingerprint density at radius 2 is 2.22 bits per heavy atom. The average molecular weight is 334 g/mol. The van der Waals surface area contributed by atoms with Gasteiger partial charge in [0.1, 0.15) is 0 Å². The van der Waals surface area contributed by atoms with Crippen LogP contribution < -0.4 is 11.1 Å². The maximum Gasteiger partial charge on any atom is 0.261 e. The van der Waals surface area contributed by atoms with Gasteiger partial charge in [-0.3, -0.25) is 20.6 Å². The topological polar surface area (TPSA) is 125 Å². The van der Waals surface area contributed by atoms with Crippen LogP contribution in [0.5, 0.6) is 0 Å². The van der Waals surface area contributed by atoms with E-state index in [2.05, 4.69) is 20.6 Å². The first kappa shape index (κ1) is 16.5. The number of halogens is 1. The van der Waals surface area contributed by atoms with Crippen LogP contribution in [-0.2, 0) is 6.42 Å². The molecule has 23 heavy (non-hydrogen) atoms. The van der Waals surface area contributed by atoms with Gasteiger partial charge in [0.25, 0.3) is 5.91 Å². The molecule has 0 unspecified atom stereocenters. The van der Waals surface area contributed by atoms with Crippen molar-refractivity contribution < 1.29 is 4.79 Å². The molecule has 3 rings (SSSR count). The molecule has 0 bridgehead atoms. The van der Waals surface area contributed by atoms with Crippen LogP contribution in [0, 0.1) is 5.41 Å². The van der Waals surface area contributed by atoms with Gasteiger partial charge >= 0.3 is 0 Å². The van der Waals surface area contributed by atoms with Gasteiger partial charge in [-0.2, -0.15) is 10.2 Å². The van der Waals surface area contributed by atoms with Crippen molar-refractivity contribution in [3.8, 4) is 5.69 Å². The normalized spacial score (nSPS) is 10.3. The molecule has 5 N–H and O–H groups in total. The van der Waals surface area contributed by atoms with E-state index >= 15 is 0 Å². The molecule has 0 saturated heterocycles. The minimum Gasteiger partial charge on any atom is -0.370 e. The minimum absolute atomic E-state index is 0. The van der Waals surface area contributed by atoms with Crippen LogP contribution in [-0.4, -0.2) is 31.8 Å². The van der Waals surface area contributed by atoms with Crippen LogP contribution in [0.1, 0.15) is 23.0 Å². The van der Waals surface area contributed by atoms with Gasteiger partial charge in [-0.25, -0.2) is 4.68 Å². The number of hydrogen-bond acceptors (Lipinski definition) is 4. The van der Waals surface area contributed by atoms with Crippen LogP contribution in [0.3, 0.4) is 0 Å². The van der Waals surface area contributed by atoms with Crippen LogP contribution in [0.4, 0.5) is 0 Å². The van der Waals surface area contributed by atoms with Gasteiger partial charge in [0.15, 0.2) is 5.96 Å². The van der Waals surface area contributed by atoms with Crippen molar-refractivity contribution in [3.05, 3.63) is 41.9 Å². The summed E-state index contributed by atoms with van der Waals surface area (Å²) in [5.41, 5.74) is 8.14. The summed E-state index contributed by atoms with van der Waals surface area (Å²) in [5.74, 6) is -0.820. The summed E-state index contributed by atoms with van der Waals surface area (Å²) in [6.45, 7) is 1.94. The monoisotopic (exact) mass is 333 g/mol. The number of rotatable bonds is 3. The highest BCUT2D eigenvalue weighted by Crippen LogP contribution is 2.19. The van der Waals surface area contributed by atoms with E-state index in [4.69, 9.17) is 11.1 Å². The molecule has 9 heteroatoms. The van der Waals surface area contributed by atoms with Gasteiger partial charge in [0.2, 0.25) is 0 Å².